The van der Waals surface area contributed by atoms with Gasteiger partial charge in [0.15, 0.2) is 6.61 Å². The van der Waals surface area contributed by atoms with Crippen molar-refractivity contribution in [3.8, 4) is 0 Å². The Hall–Kier alpha value is -3.16. The number of nitrogens with zero attached hydrogens (tertiary/aromatic N) is 1. The van der Waals surface area contributed by atoms with Gasteiger partial charge < -0.3 is 10.1 Å². The summed E-state index contributed by atoms with van der Waals surface area (Å²) < 4.78 is 5.07. The molecule has 1 N–H and O–H groups in total. The summed E-state index contributed by atoms with van der Waals surface area (Å²) >= 11 is 11.7. The number of rotatable bonds is 5. The summed E-state index contributed by atoms with van der Waals surface area (Å²) in [5, 5.41) is 3.18. The van der Waals surface area contributed by atoms with Crippen LogP contribution in [0.2, 0.25) is 10.0 Å². The van der Waals surface area contributed by atoms with Gasteiger partial charge in [-0.25, -0.2) is 4.79 Å². The van der Waals surface area contributed by atoms with Crippen molar-refractivity contribution in [3.05, 3.63) is 70.2 Å². The maximum absolute atomic E-state index is 12.7. The molecule has 0 spiro atoms. The van der Waals surface area contributed by atoms with Gasteiger partial charge in [-0.05, 0) is 49.2 Å². The van der Waals surface area contributed by atoms with Crippen LogP contribution in [-0.4, -0.2) is 30.3 Å². The Morgan fingerprint density at radius 1 is 0.969 bits per heavy atom. The third-order valence-electron chi connectivity index (χ3n) is 5.39. The third kappa shape index (κ3) is 4.40. The molecule has 164 valence electrons. The summed E-state index contributed by atoms with van der Waals surface area (Å²) in [6.07, 6.45) is 4.88. The number of carbonyl (C=O) groups excluding carboxylic acids is 4. The maximum atomic E-state index is 12.7. The van der Waals surface area contributed by atoms with E-state index in [1.807, 2.05) is 12.2 Å². The summed E-state index contributed by atoms with van der Waals surface area (Å²) in [5.41, 5.74) is 0.840. The lowest BCUT2D eigenvalue weighted by molar-refractivity contribution is -0.122. The zero-order valence-electron chi connectivity index (χ0n) is 16.7. The number of benzene rings is 2. The van der Waals surface area contributed by atoms with E-state index in [1.165, 1.54) is 24.3 Å². The quantitative estimate of drug-likeness (QED) is 0.398. The molecule has 2 aromatic rings. The van der Waals surface area contributed by atoms with Gasteiger partial charge in [-0.15, -0.1) is 0 Å². The number of halogens is 2. The van der Waals surface area contributed by atoms with Crippen molar-refractivity contribution in [2.75, 3.05) is 16.8 Å². The van der Waals surface area contributed by atoms with Crippen LogP contribution in [0.5, 0.6) is 0 Å². The van der Waals surface area contributed by atoms with Gasteiger partial charge in [0.05, 0.1) is 33.1 Å². The molecule has 7 nitrogen and oxygen atoms in total. The van der Waals surface area contributed by atoms with Crippen LogP contribution in [0, 0.1) is 11.8 Å². The molecule has 0 radical (unpaired) electrons. The van der Waals surface area contributed by atoms with E-state index in [2.05, 4.69) is 5.32 Å². The van der Waals surface area contributed by atoms with Crippen LogP contribution >= 0.6 is 23.2 Å². The number of imide groups is 1. The Morgan fingerprint density at radius 3 is 2.31 bits per heavy atom. The molecule has 2 aromatic carbocycles. The number of esters is 1. The molecule has 2 aliphatic rings. The van der Waals surface area contributed by atoms with Crippen LogP contribution in [0.25, 0.3) is 0 Å². The van der Waals surface area contributed by atoms with Crippen LogP contribution in [0.1, 0.15) is 23.2 Å². The highest BCUT2D eigenvalue weighted by Gasteiger charge is 2.47. The highest BCUT2D eigenvalue weighted by Crippen LogP contribution is 2.37. The van der Waals surface area contributed by atoms with Gasteiger partial charge in [-0.1, -0.05) is 41.4 Å². The molecular formula is C23H18Cl2N2O5. The van der Waals surface area contributed by atoms with E-state index in [9.17, 15) is 19.2 Å². The highest BCUT2D eigenvalue weighted by atomic mass is 35.5. The number of carbonyl (C=O) groups is 4. The smallest absolute Gasteiger partial charge is 0.338 e. The van der Waals surface area contributed by atoms with Crippen LogP contribution in [0.4, 0.5) is 11.4 Å². The average Bonchev–Trinajstić information content (AvgIpc) is 3.05. The minimum Gasteiger partial charge on any atom is -0.452 e. The van der Waals surface area contributed by atoms with Crippen LogP contribution in [0.15, 0.2) is 54.6 Å². The lowest BCUT2D eigenvalue weighted by Crippen LogP contribution is -2.31. The zero-order chi connectivity index (χ0) is 22.8. The third-order valence-corrected chi connectivity index (χ3v) is 6.12. The lowest BCUT2D eigenvalue weighted by Gasteiger charge is -2.15. The minimum absolute atomic E-state index is 0.124. The second-order valence-corrected chi connectivity index (χ2v) is 8.29. The molecule has 0 unspecified atom stereocenters. The van der Waals surface area contributed by atoms with Gasteiger partial charge in [0.25, 0.3) is 5.91 Å². The standard InChI is InChI=1S/C23H18Cl2N2O5/c24-18-9-8-14(11-19(18)25)26-20(28)12-32-23(31)13-4-3-5-15(10-13)27-21(29)16-6-1-2-7-17(16)22(27)30/h1-5,8-11,16-17H,6-7,12H2,(H,26,28)/t16-,17-/m0/s1. The fourth-order valence-corrected chi connectivity index (χ4v) is 4.11. The maximum Gasteiger partial charge on any atom is 0.338 e. The van der Waals surface area contributed by atoms with Crippen molar-refractivity contribution in [1.82, 2.24) is 0 Å². The predicted molar refractivity (Wildman–Crippen MR) is 120 cm³/mol. The first-order valence-electron chi connectivity index (χ1n) is 9.90. The molecule has 32 heavy (non-hydrogen) atoms. The highest BCUT2D eigenvalue weighted by molar-refractivity contribution is 6.42. The Morgan fingerprint density at radius 2 is 1.66 bits per heavy atom. The SMILES string of the molecule is O=C(COC(=O)c1cccc(N2C(=O)[C@H]3CC=CC[C@@H]3C2=O)c1)Nc1ccc(Cl)c(Cl)c1. The van der Waals surface area contributed by atoms with Gasteiger partial charge in [0.1, 0.15) is 0 Å². The van der Waals surface area contributed by atoms with Crippen LogP contribution < -0.4 is 10.2 Å². The molecule has 2 atom stereocenters. The summed E-state index contributed by atoms with van der Waals surface area (Å²) in [4.78, 5) is 51.2. The molecule has 3 amide bonds. The minimum atomic E-state index is -0.755. The molecule has 1 fully saturated rings. The van der Waals surface area contributed by atoms with Gasteiger partial charge in [-0.3, -0.25) is 19.3 Å². The van der Waals surface area contributed by atoms with Crippen LogP contribution in [0.3, 0.4) is 0 Å². The summed E-state index contributed by atoms with van der Waals surface area (Å²) in [7, 11) is 0. The number of fused-ring (bicyclic) bond motifs is 1. The number of hydrogen-bond donors (Lipinski definition) is 1. The number of hydrogen-bond acceptors (Lipinski definition) is 5. The van der Waals surface area contributed by atoms with Gasteiger partial charge >= 0.3 is 5.97 Å². The topological polar surface area (TPSA) is 92.8 Å². The van der Waals surface area contributed by atoms with Crippen molar-refractivity contribution in [1.29, 1.82) is 0 Å². The molecule has 0 saturated carbocycles. The predicted octanol–water partition coefficient (Wildman–Crippen LogP) is 4.24. The zero-order valence-corrected chi connectivity index (χ0v) is 18.2. The second-order valence-electron chi connectivity index (χ2n) is 7.47. The van der Waals surface area contributed by atoms with Crippen molar-refractivity contribution in [3.63, 3.8) is 0 Å². The van der Waals surface area contributed by atoms with E-state index >= 15 is 0 Å². The van der Waals surface area contributed by atoms with E-state index < -0.39 is 18.5 Å². The van der Waals surface area contributed by atoms with Gasteiger partial charge in [0, 0.05) is 5.69 Å². The van der Waals surface area contributed by atoms with E-state index in [0.717, 1.165) is 4.90 Å². The number of anilines is 2. The molecule has 0 bridgehead atoms. The fraction of sp³-hybridized carbons (Fsp3) is 0.217. The Bertz CT molecular complexity index is 1120. The molecule has 1 heterocycles. The van der Waals surface area contributed by atoms with E-state index in [1.54, 1.807) is 18.2 Å². The number of allylic oxidation sites excluding steroid dienone is 2. The monoisotopic (exact) mass is 472 g/mol. The lowest BCUT2D eigenvalue weighted by atomic mass is 9.85. The summed E-state index contributed by atoms with van der Waals surface area (Å²) in [6, 6.07) is 10.6. The van der Waals surface area contributed by atoms with E-state index in [0.29, 0.717) is 29.2 Å². The van der Waals surface area contributed by atoms with E-state index in [-0.39, 0.29) is 34.2 Å². The molecule has 1 saturated heterocycles. The van der Waals surface area contributed by atoms with Crippen molar-refractivity contribution >= 4 is 58.3 Å². The Balaban J connectivity index is 1.40. The molecule has 9 heteroatoms. The number of nitrogens with one attached hydrogen (secondary N) is 1. The summed E-state index contributed by atoms with van der Waals surface area (Å²) in [5.74, 6) is -2.59. The van der Waals surface area contributed by atoms with E-state index in [4.69, 9.17) is 27.9 Å². The van der Waals surface area contributed by atoms with Gasteiger partial charge in [-0.2, -0.15) is 0 Å². The second kappa shape index (κ2) is 9.14. The normalized spacial score (nSPS) is 19.6. The molecule has 1 aliphatic heterocycles. The van der Waals surface area contributed by atoms with Crippen molar-refractivity contribution in [2.24, 2.45) is 11.8 Å². The molecule has 0 aromatic heterocycles. The Labute approximate surface area is 193 Å². The first-order chi connectivity index (χ1) is 15.3. The molecule has 4 rings (SSSR count). The fourth-order valence-electron chi connectivity index (χ4n) is 3.81. The van der Waals surface area contributed by atoms with Crippen molar-refractivity contribution < 1.29 is 23.9 Å². The van der Waals surface area contributed by atoms with Crippen molar-refractivity contribution in [2.45, 2.75) is 12.8 Å². The molecule has 1 aliphatic carbocycles. The average molecular weight is 473 g/mol. The Kier molecular flexibility index (Phi) is 6.30. The largest absolute Gasteiger partial charge is 0.452 e. The molecular weight excluding hydrogens is 455 g/mol. The number of amides is 3. The first-order valence-corrected chi connectivity index (χ1v) is 10.7. The van der Waals surface area contributed by atoms with Crippen LogP contribution in [-0.2, 0) is 19.1 Å². The number of ether oxygens (including phenoxy) is 1. The first kappa shape index (κ1) is 22.0. The summed E-state index contributed by atoms with van der Waals surface area (Å²) in [6.45, 7) is -0.527. The van der Waals surface area contributed by atoms with Gasteiger partial charge in [0.2, 0.25) is 11.8 Å².